The molecule has 0 saturated carbocycles. The van der Waals surface area contributed by atoms with Gasteiger partial charge in [0.2, 0.25) is 0 Å². The van der Waals surface area contributed by atoms with Crippen molar-refractivity contribution < 1.29 is 4.79 Å². The number of rotatable bonds is 2. The van der Waals surface area contributed by atoms with E-state index < -0.39 is 0 Å². The van der Waals surface area contributed by atoms with Crippen molar-refractivity contribution in [2.45, 2.75) is 6.92 Å². The molecule has 0 radical (unpaired) electrons. The Hall–Kier alpha value is -2.73. The zero-order valence-electron chi connectivity index (χ0n) is 10.6. The Labute approximate surface area is 112 Å². The van der Waals surface area contributed by atoms with E-state index in [0.29, 0.717) is 16.9 Å². The predicted molar refractivity (Wildman–Crippen MR) is 77.9 cm³/mol. The molecule has 0 saturated heterocycles. The zero-order valence-corrected chi connectivity index (χ0v) is 10.6. The summed E-state index contributed by atoms with van der Waals surface area (Å²) in [6.07, 6.45) is 5.32. The molecular formula is C16H14N2O. The van der Waals surface area contributed by atoms with Crippen molar-refractivity contribution in [3.05, 3.63) is 59.2 Å². The van der Waals surface area contributed by atoms with Crippen LogP contribution in [0.4, 0.5) is 11.4 Å². The highest BCUT2D eigenvalue weighted by atomic mass is 16.1. The Morgan fingerprint density at radius 2 is 2.05 bits per heavy atom. The molecule has 1 amide bonds. The van der Waals surface area contributed by atoms with Gasteiger partial charge in [0.1, 0.15) is 0 Å². The van der Waals surface area contributed by atoms with Crippen molar-refractivity contribution in [3.63, 3.8) is 0 Å². The number of terminal acetylenes is 1. The van der Waals surface area contributed by atoms with Crippen molar-refractivity contribution in [2.75, 3.05) is 11.1 Å². The fourth-order valence-corrected chi connectivity index (χ4v) is 1.75. The molecule has 2 aromatic rings. The Bertz CT molecular complexity index is 669. The minimum atomic E-state index is -0.240. The Morgan fingerprint density at radius 1 is 1.26 bits per heavy atom. The second-order valence-electron chi connectivity index (χ2n) is 4.27. The summed E-state index contributed by atoms with van der Waals surface area (Å²) in [6, 6.07) is 12.5. The van der Waals surface area contributed by atoms with Crippen molar-refractivity contribution in [3.8, 4) is 12.3 Å². The molecule has 94 valence electrons. The molecule has 0 unspecified atom stereocenters. The first-order chi connectivity index (χ1) is 9.10. The van der Waals surface area contributed by atoms with Crippen molar-refractivity contribution >= 4 is 17.3 Å². The van der Waals surface area contributed by atoms with Gasteiger partial charge in [-0.05, 0) is 37.3 Å². The van der Waals surface area contributed by atoms with Gasteiger partial charge in [-0.2, -0.15) is 0 Å². The maximum Gasteiger partial charge on any atom is 0.257 e. The second kappa shape index (κ2) is 5.28. The van der Waals surface area contributed by atoms with E-state index in [1.807, 2.05) is 13.0 Å². The summed E-state index contributed by atoms with van der Waals surface area (Å²) in [5.41, 5.74) is 9.08. The van der Waals surface area contributed by atoms with Crippen molar-refractivity contribution in [2.24, 2.45) is 0 Å². The van der Waals surface area contributed by atoms with E-state index in [4.69, 9.17) is 12.2 Å². The van der Waals surface area contributed by atoms with Crippen LogP contribution in [0.15, 0.2) is 42.5 Å². The van der Waals surface area contributed by atoms with Gasteiger partial charge in [0.15, 0.2) is 0 Å². The van der Waals surface area contributed by atoms with Crippen LogP contribution >= 0.6 is 0 Å². The van der Waals surface area contributed by atoms with Gasteiger partial charge in [-0.3, -0.25) is 4.79 Å². The van der Waals surface area contributed by atoms with Gasteiger partial charge in [-0.25, -0.2) is 0 Å². The van der Waals surface area contributed by atoms with Crippen LogP contribution in [0.1, 0.15) is 21.5 Å². The van der Waals surface area contributed by atoms with Gasteiger partial charge < -0.3 is 11.1 Å². The van der Waals surface area contributed by atoms with Gasteiger partial charge in [-0.1, -0.05) is 23.6 Å². The molecule has 0 heterocycles. The lowest BCUT2D eigenvalue weighted by molar-refractivity contribution is 0.102. The number of aryl methyl sites for hydroxylation is 1. The molecule has 0 aliphatic rings. The summed E-state index contributed by atoms with van der Waals surface area (Å²) < 4.78 is 0. The molecule has 0 atom stereocenters. The van der Waals surface area contributed by atoms with Gasteiger partial charge in [0, 0.05) is 16.9 Å². The van der Waals surface area contributed by atoms with E-state index in [2.05, 4.69) is 11.2 Å². The highest BCUT2D eigenvalue weighted by molar-refractivity contribution is 6.07. The molecule has 3 nitrogen and oxygen atoms in total. The Morgan fingerprint density at radius 3 is 2.79 bits per heavy atom. The number of hydrogen-bond donors (Lipinski definition) is 2. The highest BCUT2D eigenvalue weighted by Gasteiger charge is 2.10. The molecule has 3 heteroatoms. The summed E-state index contributed by atoms with van der Waals surface area (Å²) >= 11 is 0. The number of hydrogen-bond acceptors (Lipinski definition) is 2. The minimum Gasteiger partial charge on any atom is -0.398 e. The van der Waals surface area contributed by atoms with E-state index in [0.717, 1.165) is 11.1 Å². The average molecular weight is 250 g/mol. The van der Waals surface area contributed by atoms with Crippen LogP contribution in [0.3, 0.4) is 0 Å². The van der Waals surface area contributed by atoms with Gasteiger partial charge >= 0.3 is 0 Å². The molecule has 0 aliphatic heterocycles. The lowest BCUT2D eigenvalue weighted by Gasteiger charge is -2.08. The third kappa shape index (κ3) is 2.93. The number of carbonyl (C=O) groups is 1. The SMILES string of the molecule is C#Cc1cccc(NC(=O)c2cc(C)ccc2N)c1. The number of amides is 1. The lowest BCUT2D eigenvalue weighted by Crippen LogP contribution is -2.14. The van der Waals surface area contributed by atoms with Crippen molar-refractivity contribution in [1.29, 1.82) is 0 Å². The maximum absolute atomic E-state index is 12.1. The van der Waals surface area contributed by atoms with E-state index in [9.17, 15) is 4.79 Å². The van der Waals surface area contributed by atoms with Gasteiger partial charge in [0.25, 0.3) is 5.91 Å². The Balaban J connectivity index is 2.26. The van der Waals surface area contributed by atoms with Gasteiger partial charge in [0.05, 0.1) is 5.56 Å². The lowest BCUT2D eigenvalue weighted by atomic mass is 10.1. The van der Waals surface area contributed by atoms with E-state index in [1.54, 1.807) is 36.4 Å². The normalized spacial score (nSPS) is 9.68. The molecule has 0 bridgehead atoms. The van der Waals surface area contributed by atoms with E-state index in [-0.39, 0.29) is 5.91 Å². The summed E-state index contributed by atoms with van der Waals surface area (Å²) in [5, 5.41) is 2.79. The quantitative estimate of drug-likeness (QED) is 0.636. The maximum atomic E-state index is 12.1. The third-order valence-corrected chi connectivity index (χ3v) is 2.74. The largest absolute Gasteiger partial charge is 0.398 e. The average Bonchev–Trinajstić information content (AvgIpc) is 2.41. The van der Waals surface area contributed by atoms with Crippen molar-refractivity contribution in [1.82, 2.24) is 0 Å². The fraction of sp³-hybridized carbons (Fsp3) is 0.0625. The smallest absolute Gasteiger partial charge is 0.257 e. The summed E-state index contributed by atoms with van der Waals surface area (Å²) in [5.74, 6) is 2.28. The molecule has 0 aliphatic carbocycles. The molecule has 2 rings (SSSR count). The highest BCUT2D eigenvalue weighted by Crippen LogP contribution is 2.17. The first-order valence-electron chi connectivity index (χ1n) is 5.84. The van der Waals surface area contributed by atoms with E-state index >= 15 is 0 Å². The second-order valence-corrected chi connectivity index (χ2v) is 4.27. The molecule has 0 spiro atoms. The predicted octanol–water partition coefficient (Wildman–Crippen LogP) is 2.81. The molecule has 3 N–H and O–H groups in total. The summed E-state index contributed by atoms with van der Waals surface area (Å²) in [4.78, 5) is 12.1. The first kappa shape index (κ1) is 12.7. The van der Waals surface area contributed by atoms with Crippen LogP contribution in [-0.4, -0.2) is 5.91 Å². The molecule has 0 fully saturated rings. The molecular weight excluding hydrogens is 236 g/mol. The minimum absolute atomic E-state index is 0.240. The standard InChI is InChI=1S/C16H14N2O/c1-3-12-5-4-6-13(10-12)18-16(19)14-9-11(2)7-8-15(14)17/h1,4-10H,17H2,2H3,(H,18,19). The van der Waals surface area contributed by atoms with Crippen LogP contribution in [0.5, 0.6) is 0 Å². The van der Waals surface area contributed by atoms with E-state index in [1.165, 1.54) is 0 Å². The van der Waals surface area contributed by atoms with Crippen LogP contribution < -0.4 is 11.1 Å². The number of nitrogens with one attached hydrogen (secondary N) is 1. The third-order valence-electron chi connectivity index (χ3n) is 2.74. The topological polar surface area (TPSA) is 55.1 Å². The number of nitrogen functional groups attached to an aromatic ring is 1. The number of carbonyl (C=O) groups excluding carboxylic acids is 1. The van der Waals surface area contributed by atoms with Gasteiger partial charge in [-0.15, -0.1) is 6.42 Å². The number of nitrogens with two attached hydrogens (primary N) is 1. The van der Waals surface area contributed by atoms with Crippen LogP contribution in [0, 0.1) is 19.3 Å². The summed E-state index contributed by atoms with van der Waals surface area (Å²) in [6.45, 7) is 1.91. The number of anilines is 2. The fourth-order valence-electron chi connectivity index (χ4n) is 1.75. The first-order valence-corrected chi connectivity index (χ1v) is 5.84. The molecule has 0 aromatic heterocycles. The van der Waals surface area contributed by atoms with Crippen LogP contribution in [0.25, 0.3) is 0 Å². The zero-order chi connectivity index (χ0) is 13.8. The van der Waals surface area contributed by atoms with Crippen LogP contribution in [-0.2, 0) is 0 Å². The molecule has 2 aromatic carbocycles. The Kier molecular flexibility index (Phi) is 3.53. The molecule has 19 heavy (non-hydrogen) atoms. The monoisotopic (exact) mass is 250 g/mol. The number of benzene rings is 2. The van der Waals surface area contributed by atoms with Crippen LogP contribution in [0.2, 0.25) is 0 Å². The summed E-state index contributed by atoms with van der Waals surface area (Å²) in [7, 11) is 0.